The minimum atomic E-state index is -1.25. The molecule has 2 atom stereocenters. The molecule has 0 aliphatic heterocycles. The first kappa shape index (κ1) is 11.8. The highest BCUT2D eigenvalue weighted by Crippen LogP contribution is 2.20. The molecule has 0 aliphatic rings. The summed E-state index contributed by atoms with van der Waals surface area (Å²) in [5.41, 5.74) is -0.291. The number of benzene rings is 1. The number of halogens is 3. The van der Waals surface area contributed by atoms with Crippen LogP contribution < -0.4 is 5.32 Å². The molecule has 0 saturated carbocycles. The first-order valence-electron chi connectivity index (χ1n) is 4.51. The van der Waals surface area contributed by atoms with Crippen LogP contribution in [0.2, 0.25) is 0 Å². The molecule has 2 unspecified atom stereocenters. The molecule has 0 fully saturated rings. The average Bonchev–Trinajstić information content (AvgIpc) is 2.13. The maximum atomic E-state index is 13.1. The quantitative estimate of drug-likeness (QED) is 0.764. The zero-order chi connectivity index (χ0) is 11.6. The van der Waals surface area contributed by atoms with Gasteiger partial charge in [0, 0.05) is 18.2 Å². The number of nitrogens with one attached hydrogen (secondary N) is 1. The molecular formula is C10H12F3NO. The molecule has 0 radical (unpaired) electrons. The number of aliphatic hydroxyl groups is 1. The van der Waals surface area contributed by atoms with E-state index in [1.807, 2.05) is 0 Å². The SMILES string of the molecule is CC(O)C(C)Nc1cc(F)cc(F)c1F. The smallest absolute Gasteiger partial charge is 0.182 e. The van der Waals surface area contributed by atoms with Crippen molar-refractivity contribution in [2.24, 2.45) is 0 Å². The van der Waals surface area contributed by atoms with E-state index in [0.29, 0.717) is 6.07 Å². The minimum Gasteiger partial charge on any atom is -0.391 e. The van der Waals surface area contributed by atoms with E-state index in [1.54, 1.807) is 6.92 Å². The number of hydrogen-bond acceptors (Lipinski definition) is 2. The van der Waals surface area contributed by atoms with Gasteiger partial charge in [-0.25, -0.2) is 13.2 Å². The predicted molar refractivity (Wildman–Crippen MR) is 51.1 cm³/mol. The van der Waals surface area contributed by atoms with Crippen LogP contribution in [0.25, 0.3) is 0 Å². The minimum absolute atomic E-state index is 0.291. The summed E-state index contributed by atoms with van der Waals surface area (Å²) in [6.07, 6.45) is -0.754. The summed E-state index contributed by atoms with van der Waals surface area (Å²) in [4.78, 5) is 0. The van der Waals surface area contributed by atoms with Crippen molar-refractivity contribution in [2.75, 3.05) is 5.32 Å². The Hall–Kier alpha value is -1.23. The van der Waals surface area contributed by atoms with E-state index in [9.17, 15) is 13.2 Å². The lowest BCUT2D eigenvalue weighted by Crippen LogP contribution is -2.28. The zero-order valence-electron chi connectivity index (χ0n) is 8.39. The Morgan fingerprint density at radius 1 is 1.20 bits per heavy atom. The van der Waals surface area contributed by atoms with Crippen molar-refractivity contribution in [2.45, 2.75) is 26.0 Å². The van der Waals surface area contributed by atoms with Crippen LogP contribution in [0.3, 0.4) is 0 Å². The van der Waals surface area contributed by atoms with Crippen molar-refractivity contribution >= 4 is 5.69 Å². The molecule has 0 heterocycles. The fraction of sp³-hybridized carbons (Fsp3) is 0.400. The van der Waals surface area contributed by atoms with Gasteiger partial charge in [0.25, 0.3) is 0 Å². The molecule has 2 nitrogen and oxygen atoms in total. The third-order valence-corrected chi connectivity index (χ3v) is 2.10. The molecule has 84 valence electrons. The summed E-state index contributed by atoms with van der Waals surface area (Å²) in [5, 5.41) is 11.6. The molecule has 0 spiro atoms. The van der Waals surface area contributed by atoms with Gasteiger partial charge in [-0.15, -0.1) is 0 Å². The Labute approximate surface area is 85.7 Å². The molecule has 1 aromatic carbocycles. The Bertz CT molecular complexity index is 355. The van der Waals surface area contributed by atoms with Crippen molar-refractivity contribution in [1.29, 1.82) is 0 Å². The second-order valence-electron chi connectivity index (χ2n) is 3.42. The van der Waals surface area contributed by atoms with E-state index in [-0.39, 0.29) is 5.69 Å². The zero-order valence-corrected chi connectivity index (χ0v) is 8.39. The summed E-state index contributed by atoms with van der Waals surface area (Å²) in [6.45, 7) is 3.07. The molecule has 0 bridgehead atoms. The Morgan fingerprint density at radius 3 is 2.33 bits per heavy atom. The van der Waals surface area contributed by atoms with E-state index in [4.69, 9.17) is 5.11 Å². The van der Waals surface area contributed by atoms with Crippen molar-refractivity contribution in [3.05, 3.63) is 29.6 Å². The highest BCUT2D eigenvalue weighted by molar-refractivity contribution is 5.46. The van der Waals surface area contributed by atoms with Crippen LogP contribution in [0.15, 0.2) is 12.1 Å². The van der Waals surface area contributed by atoms with E-state index in [0.717, 1.165) is 6.07 Å². The summed E-state index contributed by atoms with van der Waals surface area (Å²) in [7, 11) is 0. The fourth-order valence-corrected chi connectivity index (χ4v) is 1.03. The number of rotatable bonds is 3. The molecular weight excluding hydrogens is 207 g/mol. The van der Waals surface area contributed by atoms with Gasteiger partial charge in [0.05, 0.1) is 11.8 Å². The first-order valence-corrected chi connectivity index (χ1v) is 4.51. The van der Waals surface area contributed by atoms with Crippen LogP contribution in [-0.4, -0.2) is 17.3 Å². The van der Waals surface area contributed by atoms with Crippen molar-refractivity contribution in [3.8, 4) is 0 Å². The summed E-state index contributed by atoms with van der Waals surface area (Å²) in [5.74, 6) is -3.27. The Kier molecular flexibility index (Phi) is 3.57. The van der Waals surface area contributed by atoms with Gasteiger partial charge < -0.3 is 10.4 Å². The molecule has 0 aromatic heterocycles. The number of anilines is 1. The molecule has 2 N–H and O–H groups in total. The van der Waals surface area contributed by atoms with Crippen molar-refractivity contribution in [1.82, 2.24) is 0 Å². The standard InChI is InChI=1S/C10H12F3NO/c1-5(6(2)15)14-9-4-7(11)3-8(12)10(9)13/h3-6,14-15H,1-2H3. The predicted octanol–water partition coefficient (Wildman–Crippen LogP) is 2.29. The van der Waals surface area contributed by atoms with Crippen molar-refractivity contribution in [3.63, 3.8) is 0 Å². The molecule has 15 heavy (non-hydrogen) atoms. The fourth-order valence-electron chi connectivity index (χ4n) is 1.03. The molecule has 1 rings (SSSR count). The highest BCUT2D eigenvalue weighted by atomic mass is 19.2. The maximum absolute atomic E-state index is 13.1. The van der Waals surface area contributed by atoms with Gasteiger partial charge in [-0.3, -0.25) is 0 Å². The number of aliphatic hydroxyl groups excluding tert-OH is 1. The van der Waals surface area contributed by atoms with Gasteiger partial charge in [0.15, 0.2) is 11.6 Å². The monoisotopic (exact) mass is 219 g/mol. The molecule has 0 amide bonds. The third-order valence-electron chi connectivity index (χ3n) is 2.10. The lowest BCUT2D eigenvalue weighted by molar-refractivity contribution is 0.177. The molecule has 5 heteroatoms. The largest absolute Gasteiger partial charge is 0.391 e. The normalized spacial score (nSPS) is 14.8. The van der Waals surface area contributed by atoms with Crippen LogP contribution in [0.1, 0.15) is 13.8 Å². The average molecular weight is 219 g/mol. The lowest BCUT2D eigenvalue weighted by Gasteiger charge is -2.18. The second-order valence-corrected chi connectivity index (χ2v) is 3.42. The van der Waals surface area contributed by atoms with Crippen LogP contribution in [0.5, 0.6) is 0 Å². The van der Waals surface area contributed by atoms with Gasteiger partial charge in [-0.2, -0.15) is 0 Å². The second kappa shape index (κ2) is 4.53. The van der Waals surface area contributed by atoms with E-state index in [1.165, 1.54) is 6.92 Å². The molecule has 1 aromatic rings. The van der Waals surface area contributed by atoms with Gasteiger partial charge in [0.2, 0.25) is 0 Å². The highest BCUT2D eigenvalue weighted by Gasteiger charge is 2.15. The van der Waals surface area contributed by atoms with Crippen LogP contribution in [0, 0.1) is 17.5 Å². The first-order chi connectivity index (χ1) is 6.91. The third kappa shape index (κ3) is 2.86. The lowest BCUT2D eigenvalue weighted by atomic mass is 10.2. The van der Waals surface area contributed by atoms with Gasteiger partial charge in [-0.05, 0) is 13.8 Å². The van der Waals surface area contributed by atoms with E-state index in [2.05, 4.69) is 5.32 Å². The van der Waals surface area contributed by atoms with E-state index >= 15 is 0 Å². The summed E-state index contributed by atoms with van der Waals surface area (Å²) in [6, 6.07) is 0.811. The van der Waals surface area contributed by atoms with Gasteiger partial charge in [-0.1, -0.05) is 0 Å². The maximum Gasteiger partial charge on any atom is 0.182 e. The number of hydrogen-bond donors (Lipinski definition) is 2. The topological polar surface area (TPSA) is 32.3 Å². The van der Waals surface area contributed by atoms with E-state index < -0.39 is 29.6 Å². The summed E-state index contributed by atoms with van der Waals surface area (Å²) < 4.78 is 38.6. The van der Waals surface area contributed by atoms with Crippen LogP contribution >= 0.6 is 0 Å². The van der Waals surface area contributed by atoms with Gasteiger partial charge >= 0.3 is 0 Å². The van der Waals surface area contributed by atoms with Crippen LogP contribution in [0.4, 0.5) is 18.9 Å². The van der Waals surface area contributed by atoms with Crippen LogP contribution in [-0.2, 0) is 0 Å². The summed E-state index contributed by atoms with van der Waals surface area (Å²) >= 11 is 0. The van der Waals surface area contributed by atoms with Crippen molar-refractivity contribution < 1.29 is 18.3 Å². The Balaban J connectivity index is 2.94. The molecule has 0 aliphatic carbocycles. The van der Waals surface area contributed by atoms with Gasteiger partial charge in [0.1, 0.15) is 5.82 Å². The molecule has 0 saturated heterocycles. The Morgan fingerprint density at radius 2 is 1.80 bits per heavy atom.